The molecule has 0 unspecified atom stereocenters. The molecule has 1 saturated carbocycles. The summed E-state index contributed by atoms with van der Waals surface area (Å²) in [6.07, 6.45) is 4.43. The van der Waals surface area contributed by atoms with Gasteiger partial charge in [-0.1, -0.05) is 18.9 Å². The number of fused-ring (bicyclic) bond motifs is 1. The zero-order valence-electron chi connectivity index (χ0n) is 15.1. The van der Waals surface area contributed by atoms with E-state index in [-0.39, 0.29) is 17.2 Å². The fraction of sp³-hybridized carbons (Fsp3) is 0.600. The molecule has 0 spiro atoms. The summed E-state index contributed by atoms with van der Waals surface area (Å²) in [5.74, 6) is 2.62. The first-order valence-electron chi connectivity index (χ1n) is 9.68. The van der Waals surface area contributed by atoms with Crippen LogP contribution in [0, 0.1) is 11.3 Å². The highest BCUT2D eigenvalue weighted by molar-refractivity contribution is 7.99. The summed E-state index contributed by atoms with van der Waals surface area (Å²) in [5.41, 5.74) is 1.12. The Bertz CT molecular complexity index is 689. The van der Waals surface area contributed by atoms with E-state index < -0.39 is 0 Å². The van der Waals surface area contributed by atoms with Crippen molar-refractivity contribution < 1.29 is 9.59 Å². The Balaban J connectivity index is 1.48. The fourth-order valence-electron chi connectivity index (χ4n) is 4.62. The molecule has 0 aromatic heterocycles. The number of benzene rings is 1. The van der Waals surface area contributed by atoms with Crippen LogP contribution in [0.2, 0.25) is 0 Å². The van der Waals surface area contributed by atoms with Crippen molar-refractivity contribution in [1.82, 2.24) is 10.2 Å². The Kier molecular flexibility index (Phi) is 5.23. The van der Waals surface area contributed by atoms with E-state index in [0.29, 0.717) is 11.5 Å². The Labute approximate surface area is 159 Å². The van der Waals surface area contributed by atoms with Crippen molar-refractivity contribution in [2.75, 3.05) is 43.0 Å². The zero-order valence-corrected chi connectivity index (χ0v) is 15.9. The molecule has 6 heteroatoms. The van der Waals surface area contributed by atoms with Gasteiger partial charge >= 0.3 is 0 Å². The minimum absolute atomic E-state index is 0.0673. The molecule has 1 aliphatic carbocycles. The van der Waals surface area contributed by atoms with Gasteiger partial charge in [-0.15, -0.1) is 0 Å². The van der Waals surface area contributed by atoms with Gasteiger partial charge in [0.2, 0.25) is 5.91 Å². The molecule has 2 N–H and O–H groups in total. The van der Waals surface area contributed by atoms with Gasteiger partial charge in [0, 0.05) is 42.4 Å². The van der Waals surface area contributed by atoms with Crippen molar-refractivity contribution in [3.8, 4) is 0 Å². The molecule has 4 rings (SSSR count). The van der Waals surface area contributed by atoms with Gasteiger partial charge in [-0.2, -0.15) is 11.8 Å². The number of hydrogen-bond acceptors (Lipinski definition) is 4. The Morgan fingerprint density at radius 2 is 2.08 bits per heavy atom. The van der Waals surface area contributed by atoms with E-state index in [4.69, 9.17) is 0 Å². The number of carbonyl (C=O) groups is 2. The average Bonchev–Trinajstić information content (AvgIpc) is 3.14. The van der Waals surface area contributed by atoms with Crippen LogP contribution in [0.1, 0.15) is 36.0 Å². The molecule has 5 nitrogen and oxygen atoms in total. The van der Waals surface area contributed by atoms with E-state index in [2.05, 4.69) is 10.6 Å². The molecule has 3 aliphatic rings. The first kappa shape index (κ1) is 17.9. The summed E-state index contributed by atoms with van der Waals surface area (Å²) in [6, 6.07) is 7.43. The standard InChI is InChI=1S/C20H27N3O2S/c24-18(23-8-10-26-11-9-23)15-4-3-6-17(12-15)22-19(25)20-7-2-1-5-16(20)13-21-14-20/h3-4,6,12,16,21H,1-2,5,7-11,13-14H2,(H,22,25)/t16-,20+/m0/s1. The highest BCUT2D eigenvalue weighted by Gasteiger charge is 2.49. The maximum absolute atomic E-state index is 13.1. The molecule has 26 heavy (non-hydrogen) atoms. The number of nitrogens with zero attached hydrogens (tertiary/aromatic N) is 1. The molecule has 140 valence electrons. The lowest BCUT2D eigenvalue weighted by Gasteiger charge is -2.37. The third kappa shape index (κ3) is 3.37. The van der Waals surface area contributed by atoms with Gasteiger partial charge in [0.15, 0.2) is 0 Å². The smallest absolute Gasteiger partial charge is 0.253 e. The Hall–Kier alpha value is -1.53. The predicted octanol–water partition coefficient (Wildman–Crippen LogP) is 2.59. The van der Waals surface area contributed by atoms with Gasteiger partial charge in [0.25, 0.3) is 5.91 Å². The van der Waals surface area contributed by atoms with Gasteiger partial charge < -0.3 is 15.5 Å². The number of carbonyl (C=O) groups excluding carboxylic acids is 2. The lowest BCUT2D eigenvalue weighted by Crippen LogP contribution is -2.44. The fourth-order valence-corrected chi connectivity index (χ4v) is 5.53. The van der Waals surface area contributed by atoms with E-state index >= 15 is 0 Å². The molecular weight excluding hydrogens is 346 g/mol. The topological polar surface area (TPSA) is 61.4 Å². The van der Waals surface area contributed by atoms with Gasteiger partial charge in [-0.3, -0.25) is 9.59 Å². The summed E-state index contributed by atoms with van der Waals surface area (Å²) in [4.78, 5) is 27.7. The molecular formula is C20H27N3O2S. The highest BCUT2D eigenvalue weighted by Crippen LogP contribution is 2.44. The van der Waals surface area contributed by atoms with Crippen LogP contribution < -0.4 is 10.6 Å². The summed E-state index contributed by atoms with van der Waals surface area (Å²) < 4.78 is 0. The lowest BCUT2D eigenvalue weighted by molar-refractivity contribution is -0.128. The van der Waals surface area contributed by atoms with Crippen LogP contribution in [0.5, 0.6) is 0 Å². The van der Waals surface area contributed by atoms with Crippen LogP contribution in [-0.2, 0) is 4.79 Å². The number of rotatable bonds is 3. The third-order valence-corrected chi connectivity index (χ3v) is 7.10. The number of anilines is 1. The molecule has 3 fully saturated rings. The Morgan fingerprint density at radius 1 is 1.23 bits per heavy atom. The second-order valence-corrected chi connectivity index (χ2v) is 8.89. The predicted molar refractivity (Wildman–Crippen MR) is 106 cm³/mol. The van der Waals surface area contributed by atoms with Crippen LogP contribution in [0.15, 0.2) is 24.3 Å². The maximum Gasteiger partial charge on any atom is 0.253 e. The monoisotopic (exact) mass is 373 g/mol. The molecule has 1 aromatic carbocycles. The molecule has 2 heterocycles. The molecule has 2 aliphatic heterocycles. The number of nitrogens with one attached hydrogen (secondary N) is 2. The first-order chi connectivity index (χ1) is 12.7. The van der Waals surface area contributed by atoms with E-state index in [1.807, 2.05) is 40.9 Å². The van der Waals surface area contributed by atoms with Crippen molar-refractivity contribution in [2.45, 2.75) is 25.7 Å². The van der Waals surface area contributed by atoms with Gasteiger partial charge in [0.1, 0.15) is 0 Å². The van der Waals surface area contributed by atoms with Crippen LogP contribution in [-0.4, -0.2) is 54.4 Å². The first-order valence-corrected chi connectivity index (χ1v) is 10.8. The zero-order chi connectivity index (χ0) is 18.0. The molecule has 1 aromatic rings. The summed E-state index contributed by atoms with van der Waals surface area (Å²) in [7, 11) is 0. The largest absolute Gasteiger partial charge is 0.337 e. The Morgan fingerprint density at radius 3 is 2.92 bits per heavy atom. The molecule has 0 bridgehead atoms. The van der Waals surface area contributed by atoms with Crippen molar-refractivity contribution >= 4 is 29.3 Å². The minimum Gasteiger partial charge on any atom is -0.337 e. The summed E-state index contributed by atoms with van der Waals surface area (Å²) in [6.45, 7) is 3.32. The van der Waals surface area contributed by atoms with E-state index in [1.54, 1.807) is 0 Å². The van der Waals surface area contributed by atoms with Crippen LogP contribution in [0.3, 0.4) is 0 Å². The van der Waals surface area contributed by atoms with Crippen LogP contribution in [0.4, 0.5) is 5.69 Å². The summed E-state index contributed by atoms with van der Waals surface area (Å²) >= 11 is 1.89. The lowest BCUT2D eigenvalue weighted by atomic mass is 9.67. The molecule has 2 amide bonds. The quantitative estimate of drug-likeness (QED) is 0.855. The molecule has 2 atom stereocenters. The second kappa shape index (κ2) is 7.61. The van der Waals surface area contributed by atoms with Crippen LogP contribution >= 0.6 is 11.8 Å². The van der Waals surface area contributed by atoms with E-state index in [9.17, 15) is 9.59 Å². The van der Waals surface area contributed by atoms with Crippen molar-refractivity contribution in [1.29, 1.82) is 0 Å². The van der Waals surface area contributed by atoms with Crippen molar-refractivity contribution in [3.63, 3.8) is 0 Å². The summed E-state index contributed by atoms with van der Waals surface area (Å²) in [5, 5.41) is 6.54. The van der Waals surface area contributed by atoms with Crippen molar-refractivity contribution in [3.05, 3.63) is 29.8 Å². The minimum atomic E-state index is -0.275. The highest BCUT2D eigenvalue weighted by atomic mass is 32.2. The SMILES string of the molecule is O=C(c1cccc(NC(=O)[C@@]23CCCC[C@H]2CNC3)c1)N1CCSCC1. The normalized spacial score (nSPS) is 28.5. The average molecular weight is 374 g/mol. The van der Waals surface area contributed by atoms with Gasteiger partial charge in [-0.05, 0) is 43.5 Å². The molecule has 2 saturated heterocycles. The number of amides is 2. The maximum atomic E-state index is 13.1. The second-order valence-electron chi connectivity index (χ2n) is 7.67. The van der Waals surface area contributed by atoms with Crippen molar-refractivity contribution in [2.24, 2.45) is 11.3 Å². The van der Waals surface area contributed by atoms with Crippen LogP contribution in [0.25, 0.3) is 0 Å². The third-order valence-electron chi connectivity index (χ3n) is 6.16. The van der Waals surface area contributed by atoms with E-state index in [0.717, 1.165) is 62.6 Å². The van der Waals surface area contributed by atoms with Gasteiger partial charge in [0.05, 0.1) is 5.41 Å². The molecule has 0 radical (unpaired) electrons. The van der Waals surface area contributed by atoms with E-state index in [1.165, 1.54) is 6.42 Å². The number of thioether (sulfide) groups is 1. The van der Waals surface area contributed by atoms with Gasteiger partial charge in [-0.25, -0.2) is 0 Å². The number of hydrogen-bond donors (Lipinski definition) is 2.